The van der Waals surface area contributed by atoms with Gasteiger partial charge in [0.25, 0.3) is 0 Å². The van der Waals surface area contributed by atoms with Crippen molar-refractivity contribution in [1.29, 1.82) is 0 Å². The van der Waals surface area contributed by atoms with E-state index >= 15 is 0 Å². The van der Waals surface area contributed by atoms with Crippen molar-refractivity contribution < 1.29 is 9.59 Å². The van der Waals surface area contributed by atoms with Crippen molar-refractivity contribution in [3.05, 3.63) is 35.9 Å². The van der Waals surface area contributed by atoms with Crippen LogP contribution in [-0.2, 0) is 16.1 Å². The maximum absolute atomic E-state index is 12.3. The number of nitrogens with zero attached hydrogens (tertiary/aromatic N) is 1. The molecule has 1 aromatic rings. The average Bonchev–Trinajstić information content (AvgIpc) is 3.27. The Bertz CT molecular complexity index is 567. The Morgan fingerprint density at radius 2 is 1.96 bits per heavy atom. The minimum absolute atomic E-state index is 0.0494. The van der Waals surface area contributed by atoms with E-state index < -0.39 is 0 Å². The zero-order valence-corrected chi connectivity index (χ0v) is 13.7. The summed E-state index contributed by atoms with van der Waals surface area (Å²) in [6.45, 7) is 2.66. The van der Waals surface area contributed by atoms with E-state index in [4.69, 9.17) is 0 Å². The predicted octanol–water partition coefficient (Wildman–Crippen LogP) is 1.15. The van der Waals surface area contributed by atoms with Crippen LogP contribution in [0.3, 0.4) is 0 Å². The first-order chi connectivity index (χ1) is 11.1. The number of nitrogens with one attached hydrogen (secondary N) is 2. The summed E-state index contributed by atoms with van der Waals surface area (Å²) in [6, 6.07) is 9.86. The fraction of sp³-hybridized carbons (Fsp3) is 0.556. The Morgan fingerprint density at radius 1 is 1.26 bits per heavy atom. The summed E-state index contributed by atoms with van der Waals surface area (Å²) in [4.78, 5) is 26.1. The topological polar surface area (TPSA) is 61.4 Å². The Labute approximate surface area is 137 Å². The van der Waals surface area contributed by atoms with Crippen LogP contribution in [0.25, 0.3) is 0 Å². The molecule has 2 amide bonds. The molecular weight excluding hydrogens is 290 g/mol. The number of piperidine rings is 1. The molecule has 3 rings (SSSR count). The van der Waals surface area contributed by atoms with Crippen LogP contribution < -0.4 is 10.6 Å². The van der Waals surface area contributed by atoms with Gasteiger partial charge in [0.05, 0.1) is 6.54 Å². The Balaban J connectivity index is 1.43. The molecule has 1 aliphatic heterocycles. The zero-order chi connectivity index (χ0) is 16.3. The van der Waals surface area contributed by atoms with E-state index in [1.54, 1.807) is 11.9 Å². The first kappa shape index (κ1) is 16.0. The highest BCUT2D eigenvalue weighted by Crippen LogP contribution is 2.58. The molecule has 5 nitrogen and oxygen atoms in total. The van der Waals surface area contributed by atoms with Crippen LogP contribution in [0.15, 0.2) is 30.3 Å². The molecular formula is C18H25N3O2. The van der Waals surface area contributed by atoms with E-state index in [0.29, 0.717) is 6.54 Å². The van der Waals surface area contributed by atoms with E-state index in [1.807, 2.05) is 30.3 Å². The summed E-state index contributed by atoms with van der Waals surface area (Å²) in [5.74, 6) is 0.104. The minimum atomic E-state index is -0.0535. The average molecular weight is 315 g/mol. The number of carbonyl (C=O) groups excluding carboxylic acids is 2. The third-order valence-electron chi connectivity index (χ3n) is 5.21. The number of hydrogen-bond acceptors (Lipinski definition) is 3. The molecule has 1 aromatic carbocycles. The van der Waals surface area contributed by atoms with Crippen LogP contribution in [0.5, 0.6) is 0 Å². The molecule has 5 heteroatoms. The van der Waals surface area contributed by atoms with Gasteiger partial charge in [0.2, 0.25) is 11.8 Å². The molecule has 1 heterocycles. The second-order valence-corrected chi connectivity index (χ2v) is 6.82. The van der Waals surface area contributed by atoms with Gasteiger partial charge in [-0.25, -0.2) is 0 Å². The lowest BCUT2D eigenvalue weighted by atomic mass is 9.92. The SMILES string of the molecule is CN(Cc1ccccc1)C(=O)CNC(=O)C1CC12CCNCC2. The van der Waals surface area contributed by atoms with Gasteiger partial charge in [-0.1, -0.05) is 30.3 Å². The van der Waals surface area contributed by atoms with E-state index in [2.05, 4.69) is 10.6 Å². The monoisotopic (exact) mass is 315 g/mol. The maximum atomic E-state index is 12.3. The molecule has 23 heavy (non-hydrogen) atoms. The van der Waals surface area contributed by atoms with Crippen LogP contribution in [0.4, 0.5) is 0 Å². The lowest BCUT2D eigenvalue weighted by molar-refractivity contribution is -0.132. The second kappa shape index (κ2) is 6.71. The quantitative estimate of drug-likeness (QED) is 0.857. The van der Waals surface area contributed by atoms with Crippen molar-refractivity contribution in [2.75, 3.05) is 26.7 Å². The fourth-order valence-electron chi connectivity index (χ4n) is 3.56. The number of likely N-dealkylation sites (N-methyl/N-ethyl adjacent to an activating group) is 1. The highest BCUT2D eigenvalue weighted by molar-refractivity contribution is 5.87. The Hall–Kier alpha value is -1.88. The van der Waals surface area contributed by atoms with Gasteiger partial charge < -0.3 is 15.5 Å². The number of benzene rings is 1. The summed E-state index contributed by atoms with van der Waals surface area (Å²) < 4.78 is 0. The molecule has 0 bridgehead atoms. The molecule has 1 spiro atoms. The summed E-state index contributed by atoms with van der Waals surface area (Å²) in [5.41, 5.74) is 1.31. The first-order valence-corrected chi connectivity index (χ1v) is 8.37. The summed E-state index contributed by atoms with van der Waals surface area (Å²) in [7, 11) is 1.77. The Morgan fingerprint density at radius 3 is 2.65 bits per heavy atom. The summed E-state index contributed by atoms with van der Waals surface area (Å²) >= 11 is 0. The molecule has 1 atom stereocenters. The van der Waals surface area contributed by atoms with Crippen molar-refractivity contribution in [2.45, 2.75) is 25.8 Å². The van der Waals surface area contributed by atoms with E-state index in [9.17, 15) is 9.59 Å². The van der Waals surface area contributed by atoms with Gasteiger partial charge in [-0.05, 0) is 43.3 Å². The highest BCUT2D eigenvalue weighted by Gasteiger charge is 2.57. The van der Waals surface area contributed by atoms with Gasteiger partial charge in [0.15, 0.2) is 0 Å². The molecule has 124 valence electrons. The summed E-state index contributed by atoms with van der Waals surface area (Å²) in [6.07, 6.45) is 3.13. The molecule has 1 saturated heterocycles. The predicted molar refractivity (Wildman–Crippen MR) is 88.6 cm³/mol. The molecule has 2 aliphatic rings. The van der Waals surface area contributed by atoms with Crippen molar-refractivity contribution in [3.8, 4) is 0 Å². The van der Waals surface area contributed by atoms with Crippen LogP contribution in [0.2, 0.25) is 0 Å². The zero-order valence-electron chi connectivity index (χ0n) is 13.7. The number of amides is 2. The number of carbonyl (C=O) groups is 2. The van der Waals surface area contributed by atoms with E-state index in [0.717, 1.165) is 37.9 Å². The van der Waals surface area contributed by atoms with Crippen LogP contribution in [0.1, 0.15) is 24.8 Å². The van der Waals surface area contributed by atoms with Gasteiger partial charge in [0.1, 0.15) is 0 Å². The van der Waals surface area contributed by atoms with Crippen molar-refractivity contribution in [2.24, 2.45) is 11.3 Å². The van der Waals surface area contributed by atoms with Gasteiger partial charge in [-0.15, -0.1) is 0 Å². The molecule has 2 N–H and O–H groups in total. The molecule has 0 radical (unpaired) electrons. The van der Waals surface area contributed by atoms with Crippen molar-refractivity contribution >= 4 is 11.8 Å². The molecule has 0 aromatic heterocycles. The first-order valence-electron chi connectivity index (χ1n) is 8.37. The van der Waals surface area contributed by atoms with Crippen LogP contribution in [-0.4, -0.2) is 43.4 Å². The van der Waals surface area contributed by atoms with Crippen molar-refractivity contribution in [1.82, 2.24) is 15.5 Å². The van der Waals surface area contributed by atoms with Gasteiger partial charge in [0, 0.05) is 19.5 Å². The largest absolute Gasteiger partial charge is 0.347 e. The van der Waals surface area contributed by atoms with Gasteiger partial charge >= 0.3 is 0 Å². The molecule has 1 saturated carbocycles. The third-order valence-corrected chi connectivity index (χ3v) is 5.21. The number of rotatable bonds is 5. The van der Waals surface area contributed by atoms with Crippen molar-refractivity contribution in [3.63, 3.8) is 0 Å². The normalized spacial score (nSPS) is 21.7. The second-order valence-electron chi connectivity index (χ2n) is 6.82. The van der Waals surface area contributed by atoms with Gasteiger partial charge in [-0.3, -0.25) is 9.59 Å². The van der Waals surface area contributed by atoms with E-state index in [1.165, 1.54) is 0 Å². The molecule has 2 fully saturated rings. The maximum Gasteiger partial charge on any atom is 0.242 e. The molecule has 1 aliphatic carbocycles. The minimum Gasteiger partial charge on any atom is -0.347 e. The molecule has 1 unspecified atom stereocenters. The van der Waals surface area contributed by atoms with E-state index in [-0.39, 0.29) is 29.7 Å². The Kier molecular flexibility index (Phi) is 4.66. The fourth-order valence-corrected chi connectivity index (χ4v) is 3.56. The third kappa shape index (κ3) is 3.72. The summed E-state index contributed by atoms with van der Waals surface area (Å²) in [5, 5.41) is 6.17. The lowest BCUT2D eigenvalue weighted by Crippen LogP contribution is -2.39. The standard InChI is InChI=1S/C18H25N3O2/c1-21(13-14-5-3-2-4-6-14)16(22)12-20-17(23)15-11-18(15)7-9-19-10-8-18/h2-6,15,19H,7-13H2,1H3,(H,20,23). The lowest BCUT2D eigenvalue weighted by Gasteiger charge is -2.23. The smallest absolute Gasteiger partial charge is 0.242 e. The van der Waals surface area contributed by atoms with Crippen LogP contribution >= 0.6 is 0 Å². The highest BCUT2D eigenvalue weighted by atomic mass is 16.2. The van der Waals surface area contributed by atoms with Gasteiger partial charge in [-0.2, -0.15) is 0 Å². The number of hydrogen-bond donors (Lipinski definition) is 2. The van der Waals surface area contributed by atoms with Crippen LogP contribution in [0, 0.1) is 11.3 Å².